The Bertz CT molecular complexity index is 1010. The van der Waals surface area contributed by atoms with Crippen molar-refractivity contribution in [3.63, 3.8) is 0 Å². The van der Waals surface area contributed by atoms with Gasteiger partial charge in [-0.2, -0.15) is 18.2 Å². The fourth-order valence-electron chi connectivity index (χ4n) is 2.77. The van der Waals surface area contributed by atoms with Crippen molar-refractivity contribution in [1.29, 1.82) is 0 Å². The molecule has 1 atom stereocenters. The fourth-order valence-corrected chi connectivity index (χ4v) is 3.06. The standard InChI is InChI=1S/C21H20ClF3N4O/c1-29(2)20-27-17(14-8-9-15(16(22)10-14)21(23,24)25)11-19(28-20)26-12-18(30)13-6-4-3-5-7-13/h3-11,18,30H,12H2,1-2H3,(H,26,27,28). The largest absolute Gasteiger partial charge is 0.417 e. The topological polar surface area (TPSA) is 61.3 Å². The van der Waals surface area contributed by atoms with Gasteiger partial charge in [0.2, 0.25) is 5.95 Å². The number of halogens is 4. The molecule has 2 aromatic carbocycles. The van der Waals surface area contributed by atoms with Gasteiger partial charge in [0, 0.05) is 32.3 Å². The Labute approximate surface area is 177 Å². The summed E-state index contributed by atoms with van der Waals surface area (Å²) < 4.78 is 38.9. The van der Waals surface area contributed by atoms with Crippen LogP contribution < -0.4 is 10.2 Å². The molecule has 3 aromatic rings. The fraction of sp³-hybridized carbons (Fsp3) is 0.238. The molecular weight excluding hydrogens is 417 g/mol. The summed E-state index contributed by atoms with van der Waals surface area (Å²) in [5.74, 6) is 0.787. The van der Waals surface area contributed by atoms with E-state index in [1.807, 2.05) is 30.3 Å². The predicted octanol–water partition coefficient (Wildman–Crippen LogP) is 5.03. The molecule has 1 unspecified atom stereocenters. The van der Waals surface area contributed by atoms with Crippen molar-refractivity contribution in [2.45, 2.75) is 12.3 Å². The summed E-state index contributed by atoms with van der Waals surface area (Å²) in [5, 5.41) is 13.0. The molecular formula is C21H20ClF3N4O. The van der Waals surface area contributed by atoms with Gasteiger partial charge in [-0.25, -0.2) is 4.98 Å². The number of aliphatic hydroxyl groups excluding tert-OH is 1. The lowest BCUT2D eigenvalue weighted by atomic mass is 10.1. The summed E-state index contributed by atoms with van der Waals surface area (Å²) in [6.07, 6.45) is -5.29. The van der Waals surface area contributed by atoms with Crippen molar-refractivity contribution in [2.24, 2.45) is 0 Å². The molecule has 30 heavy (non-hydrogen) atoms. The molecule has 0 radical (unpaired) electrons. The number of hydrogen-bond acceptors (Lipinski definition) is 5. The van der Waals surface area contributed by atoms with Crippen LogP contribution in [0, 0.1) is 0 Å². The van der Waals surface area contributed by atoms with Gasteiger partial charge in [0.1, 0.15) is 5.82 Å². The van der Waals surface area contributed by atoms with Crippen molar-refractivity contribution in [3.8, 4) is 11.3 Å². The lowest BCUT2D eigenvalue weighted by Crippen LogP contribution is -2.17. The van der Waals surface area contributed by atoms with E-state index in [1.54, 1.807) is 25.1 Å². The molecule has 0 fully saturated rings. The van der Waals surface area contributed by atoms with Gasteiger partial charge in [-0.3, -0.25) is 0 Å². The minimum Gasteiger partial charge on any atom is -0.387 e. The first kappa shape index (κ1) is 21.9. The zero-order valence-corrected chi connectivity index (χ0v) is 17.0. The predicted molar refractivity (Wildman–Crippen MR) is 112 cm³/mol. The van der Waals surface area contributed by atoms with Crippen LogP contribution in [0.2, 0.25) is 5.02 Å². The molecule has 0 aliphatic carbocycles. The second-order valence-electron chi connectivity index (χ2n) is 6.83. The molecule has 9 heteroatoms. The van der Waals surface area contributed by atoms with Crippen LogP contribution in [0.15, 0.2) is 54.6 Å². The smallest absolute Gasteiger partial charge is 0.387 e. The number of aliphatic hydroxyl groups is 1. The minimum absolute atomic E-state index is 0.196. The summed E-state index contributed by atoms with van der Waals surface area (Å²) in [6.45, 7) is 0.196. The van der Waals surface area contributed by atoms with Gasteiger partial charge >= 0.3 is 6.18 Å². The number of anilines is 2. The molecule has 1 heterocycles. The van der Waals surface area contributed by atoms with Crippen molar-refractivity contribution < 1.29 is 18.3 Å². The van der Waals surface area contributed by atoms with Crippen LogP contribution in [-0.2, 0) is 6.18 Å². The normalized spacial score (nSPS) is 12.5. The number of hydrogen-bond donors (Lipinski definition) is 2. The van der Waals surface area contributed by atoms with E-state index in [-0.39, 0.29) is 6.54 Å². The van der Waals surface area contributed by atoms with Gasteiger partial charge < -0.3 is 15.3 Å². The number of benzene rings is 2. The van der Waals surface area contributed by atoms with E-state index in [0.717, 1.165) is 11.6 Å². The van der Waals surface area contributed by atoms with Gasteiger partial charge in [0.05, 0.1) is 22.4 Å². The second kappa shape index (κ2) is 8.89. The molecule has 2 N–H and O–H groups in total. The quantitative estimate of drug-likeness (QED) is 0.567. The Morgan fingerprint density at radius 2 is 1.77 bits per heavy atom. The lowest BCUT2D eigenvalue weighted by molar-refractivity contribution is -0.137. The third-order valence-corrected chi connectivity index (χ3v) is 4.66. The van der Waals surface area contributed by atoms with Gasteiger partial charge in [-0.1, -0.05) is 48.0 Å². The lowest BCUT2D eigenvalue weighted by Gasteiger charge is -2.17. The third kappa shape index (κ3) is 5.20. The second-order valence-corrected chi connectivity index (χ2v) is 7.24. The third-order valence-electron chi connectivity index (χ3n) is 4.35. The molecule has 1 aromatic heterocycles. The summed E-state index contributed by atoms with van der Waals surface area (Å²) in [5.41, 5.74) is 0.673. The monoisotopic (exact) mass is 436 g/mol. The van der Waals surface area contributed by atoms with Gasteiger partial charge in [0.25, 0.3) is 0 Å². The Morgan fingerprint density at radius 1 is 1.07 bits per heavy atom. The Balaban J connectivity index is 1.89. The van der Waals surface area contributed by atoms with Crippen molar-refractivity contribution >= 4 is 23.4 Å². The Kier molecular flexibility index (Phi) is 6.48. The molecule has 0 saturated carbocycles. The molecule has 5 nitrogen and oxygen atoms in total. The van der Waals surface area contributed by atoms with Crippen molar-refractivity contribution in [3.05, 3.63) is 70.7 Å². The van der Waals surface area contributed by atoms with Crippen LogP contribution in [0.5, 0.6) is 0 Å². The first-order valence-electron chi connectivity index (χ1n) is 9.05. The summed E-state index contributed by atoms with van der Waals surface area (Å²) in [7, 11) is 3.50. The van der Waals surface area contributed by atoms with Crippen LogP contribution in [0.25, 0.3) is 11.3 Å². The average molecular weight is 437 g/mol. The number of nitrogens with one attached hydrogen (secondary N) is 1. The van der Waals surface area contributed by atoms with Crippen LogP contribution >= 0.6 is 11.6 Å². The minimum atomic E-state index is -4.53. The van der Waals surface area contributed by atoms with Crippen molar-refractivity contribution in [1.82, 2.24) is 9.97 Å². The van der Waals surface area contributed by atoms with Crippen LogP contribution in [0.4, 0.5) is 24.9 Å². The van der Waals surface area contributed by atoms with Crippen LogP contribution in [0.1, 0.15) is 17.2 Å². The van der Waals surface area contributed by atoms with E-state index in [1.165, 1.54) is 12.1 Å². The van der Waals surface area contributed by atoms with Crippen LogP contribution in [-0.4, -0.2) is 35.7 Å². The zero-order chi connectivity index (χ0) is 21.9. The maximum Gasteiger partial charge on any atom is 0.417 e. The van der Waals surface area contributed by atoms with Crippen LogP contribution in [0.3, 0.4) is 0 Å². The van der Waals surface area contributed by atoms with Gasteiger partial charge in [0.15, 0.2) is 0 Å². The molecule has 3 rings (SSSR count). The van der Waals surface area contributed by atoms with E-state index in [0.29, 0.717) is 23.0 Å². The van der Waals surface area contributed by atoms with Gasteiger partial charge in [-0.05, 0) is 17.7 Å². The number of nitrogens with zero attached hydrogens (tertiary/aromatic N) is 3. The van der Waals surface area contributed by atoms with Crippen molar-refractivity contribution in [2.75, 3.05) is 30.9 Å². The summed E-state index contributed by atoms with van der Waals surface area (Å²) >= 11 is 5.85. The molecule has 158 valence electrons. The molecule has 0 saturated heterocycles. The zero-order valence-electron chi connectivity index (χ0n) is 16.3. The molecule has 0 aliphatic heterocycles. The highest BCUT2D eigenvalue weighted by atomic mass is 35.5. The summed E-state index contributed by atoms with van der Waals surface area (Å²) in [6, 6.07) is 14.2. The van der Waals surface area contributed by atoms with E-state index in [4.69, 9.17) is 11.6 Å². The molecule has 0 amide bonds. The number of rotatable bonds is 6. The first-order chi connectivity index (χ1) is 14.1. The highest BCUT2D eigenvalue weighted by Crippen LogP contribution is 2.37. The van der Waals surface area contributed by atoms with E-state index in [9.17, 15) is 18.3 Å². The highest BCUT2D eigenvalue weighted by molar-refractivity contribution is 6.31. The maximum absolute atomic E-state index is 13.0. The number of alkyl halides is 3. The average Bonchev–Trinajstić information content (AvgIpc) is 2.71. The number of aromatic nitrogens is 2. The molecule has 0 spiro atoms. The molecule has 0 bridgehead atoms. The molecule has 0 aliphatic rings. The first-order valence-corrected chi connectivity index (χ1v) is 9.43. The SMILES string of the molecule is CN(C)c1nc(NCC(O)c2ccccc2)cc(-c2ccc(C(F)(F)F)c(Cl)c2)n1. The van der Waals surface area contributed by atoms with E-state index >= 15 is 0 Å². The summed E-state index contributed by atoms with van der Waals surface area (Å²) in [4.78, 5) is 10.5. The van der Waals surface area contributed by atoms with E-state index in [2.05, 4.69) is 15.3 Å². The Hall–Kier alpha value is -2.84. The Morgan fingerprint density at radius 3 is 2.37 bits per heavy atom. The maximum atomic E-state index is 13.0. The highest BCUT2D eigenvalue weighted by Gasteiger charge is 2.33. The van der Waals surface area contributed by atoms with E-state index < -0.39 is 22.9 Å². The van der Waals surface area contributed by atoms with Gasteiger partial charge in [-0.15, -0.1) is 0 Å².